The van der Waals surface area contributed by atoms with E-state index in [2.05, 4.69) is 5.32 Å². The number of ether oxygens (including phenoxy) is 6. The van der Waals surface area contributed by atoms with Gasteiger partial charge in [-0.05, 0) is 54.8 Å². The third-order valence-electron chi connectivity index (χ3n) is 15.4. The third-order valence-corrected chi connectivity index (χ3v) is 15.4. The lowest BCUT2D eigenvalue weighted by Gasteiger charge is -2.67. The molecular weight excluding hydrogens is 993 g/mol. The van der Waals surface area contributed by atoms with Crippen molar-refractivity contribution in [2.24, 2.45) is 16.7 Å². The van der Waals surface area contributed by atoms with Crippen molar-refractivity contribution < 1.29 is 91.4 Å². The molecule has 21 heteroatoms. The van der Waals surface area contributed by atoms with Gasteiger partial charge >= 0.3 is 35.8 Å². The van der Waals surface area contributed by atoms with E-state index in [1.807, 2.05) is 0 Å². The van der Waals surface area contributed by atoms with Gasteiger partial charge in [-0.3, -0.25) is 33.6 Å². The van der Waals surface area contributed by atoms with Crippen LogP contribution in [0.15, 0.2) is 102 Å². The van der Waals surface area contributed by atoms with Gasteiger partial charge in [0.05, 0.1) is 42.4 Å². The number of rotatable bonds is 15. The molecule has 3 aromatic carbocycles. The molecule has 3 aromatic rings. The molecule has 0 spiro atoms. The fourth-order valence-electron chi connectivity index (χ4n) is 11.5. The average molecular weight is 1050 g/mol. The van der Waals surface area contributed by atoms with E-state index in [0.29, 0.717) is 5.06 Å². The molecule has 0 radical (unpaired) electrons. The summed E-state index contributed by atoms with van der Waals surface area (Å²) in [4.78, 5) is 142. The molecule has 2 saturated carbocycles. The van der Waals surface area contributed by atoms with Crippen LogP contribution in [0.4, 0.5) is 0 Å². The van der Waals surface area contributed by atoms with E-state index in [0.717, 1.165) is 13.8 Å². The first-order valence-electron chi connectivity index (χ1n) is 24.7. The van der Waals surface area contributed by atoms with Gasteiger partial charge in [0.1, 0.15) is 30.0 Å². The van der Waals surface area contributed by atoms with Crippen LogP contribution in [0.1, 0.15) is 112 Å². The number of nitrogens with zero attached hydrogens (tertiary/aromatic N) is 1. The summed E-state index contributed by atoms with van der Waals surface area (Å²) in [6.07, 6.45) is -13.3. The van der Waals surface area contributed by atoms with E-state index in [9.17, 15) is 48.6 Å². The molecule has 76 heavy (non-hydrogen) atoms. The van der Waals surface area contributed by atoms with E-state index in [1.54, 1.807) is 54.6 Å². The fraction of sp³-hybridized carbons (Fsp3) is 0.455. The number of nitrogens with one attached hydrogen (secondary N) is 1. The lowest BCUT2D eigenvalue weighted by molar-refractivity contribution is -0.346. The van der Waals surface area contributed by atoms with Crippen LogP contribution in [0.2, 0.25) is 0 Å². The van der Waals surface area contributed by atoms with Crippen molar-refractivity contribution in [1.82, 2.24) is 10.4 Å². The zero-order valence-corrected chi connectivity index (χ0v) is 42.5. The molecule has 3 N–H and O–H groups in total. The number of carbonyl (C=O) groups is 10. The highest BCUT2D eigenvalue weighted by atomic mass is 16.7. The molecule has 3 aliphatic carbocycles. The molecule has 2 bridgehead atoms. The van der Waals surface area contributed by atoms with Gasteiger partial charge in [0.2, 0.25) is 6.10 Å². The molecule has 2 heterocycles. The Labute approximate surface area is 436 Å². The smallest absolute Gasteiger partial charge is 0.350 e. The lowest BCUT2D eigenvalue weighted by Crippen LogP contribution is -2.82. The molecule has 0 aromatic heterocycles. The van der Waals surface area contributed by atoms with Crippen LogP contribution in [-0.2, 0) is 71.6 Å². The highest BCUT2D eigenvalue weighted by Gasteiger charge is 2.78. The molecule has 5 aliphatic rings. The number of fused-ring (bicyclic) bond motifs is 5. The summed E-state index contributed by atoms with van der Waals surface area (Å²) >= 11 is 0. The number of imide groups is 1. The molecule has 11 atom stereocenters. The average Bonchev–Trinajstić information content (AvgIpc) is 3.87. The highest BCUT2D eigenvalue weighted by Crippen LogP contribution is 2.64. The van der Waals surface area contributed by atoms with E-state index in [-0.39, 0.29) is 53.7 Å². The second-order valence-corrected chi connectivity index (χ2v) is 20.4. The summed E-state index contributed by atoms with van der Waals surface area (Å²) in [5.74, 6) is -11.4. The maximum Gasteiger partial charge on any atom is 0.350 e. The number of hydroxylamine groups is 2. The minimum Gasteiger partial charge on any atom is -0.455 e. The first kappa shape index (κ1) is 54.6. The topological polar surface area (TPSA) is 291 Å². The van der Waals surface area contributed by atoms with E-state index in [1.165, 1.54) is 64.1 Å². The van der Waals surface area contributed by atoms with Crippen LogP contribution in [0.3, 0.4) is 0 Å². The number of Topliss-reactive ketones (excluding diaryl/α,β-unsaturated/α-hetero) is 1. The zero-order chi connectivity index (χ0) is 55.1. The molecule has 3 amide bonds. The van der Waals surface area contributed by atoms with Gasteiger partial charge in [-0.25, -0.2) is 14.4 Å². The Bertz CT molecular complexity index is 2860. The summed E-state index contributed by atoms with van der Waals surface area (Å²) < 4.78 is 36.5. The normalized spacial score (nSPS) is 29.1. The van der Waals surface area contributed by atoms with E-state index in [4.69, 9.17) is 33.3 Å². The second-order valence-electron chi connectivity index (χ2n) is 20.4. The number of hydrogen-bond acceptors (Lipinski definition) is 19. The largest absolute Gasteiger partial charge is 0.455 e. The van der Waals surface area contributed by atoms with Gasteiger partial charge in [-0.15, -0.1) is 5.06 Å². The second kappa shape index (κ2) is 21.2. The maximum absolute atomic E-state index is 15.8. The predicted octanol–water partition coefficient (Wildman–Crippen LogP) is 3.67. The number of benzene rings is 3. The van der Waals surface area contributed by atoms with Crippen LogP contribution in [-0.4, -0.2) is 129 Å². The Morgan fingerprint density at radius 2 is 1.36 bits per heavy atom. The number of ketones is 1. The highest BCUT2D eigenvalue weighted by molar-refractivity contribution is 6.02. The van der Waals surface area contributed by atoms with Gasteiger partial charge in [0.25, 0.3) is 17.7 Å². The maximum atomic E-state index is 15.8. The van der Waals surface area contributed by atoms with Crippen molar-refractivity contribution in [1.29, 1.82) is 0 Å². The molecule has 2 aliphatic heterocycles. The van der Waals surface area contributed by atoms with Crippen LogP contribution in [0.5, 0.6) is 0 Å². The summed E-state index contributed by atoms with van der Waals surface area (Å²) in [6, 6.07) is 21.8. The molecule has 402 valence electrons. The van der Waals surface area contributed by atoms with Crippen LogP contribution in [0.25, 0.3) is 0 Å². The third kappa shape index (κ3) is 9.89. The van der Waals surface area contributed by atoms with Crippen molar-refractivity contribution in [2.75, 3.05) is 6.61 Å². The monoisotopic (exact) mass is 1050 g/mol. The van der Waals surface area contributed by atoms with Crippen LogP contribution < -0.4 is 5.32 Å². The van der Waals surface area contributed by atoms with Gasteiger partial charge < -0.3 is 48.8 Å². The van der Waals surface area contributed by atoms with Crippen molar-refractivity contribution in [3.05, 3.63) is 119 Å². The van der Waals surface area contributed by atoms with Crippen LogP contribution in [0, 0.1) is 16.7 Å². The number of amides is 3. The van der Waals surface area contributed by atoms with Crippen molar-refractivity contribution >= 4 is 59.3 Å². The number of carbonyl (C=O) groups excluding carboxylic acids is 10. The first-order valence-corrected chi connectivity index (χ1v) is 24.7. The Balaban J connectivity index is 1.25. The molecule has 0 unspecified atom stereocenters. The minimum absolute atomic E-state index is 0.00210. The van der Waals surface area contributed by atoms with Crippen molar-refractivity contribution in [3.8, 4) is 0 Å². The summed E-state index contributed by atoms with van der Waals surface area (Å²) in [6.45, 7) is 7.57. The summed E-state index contributed by atoms with van der Waals surface area (Å²) in [5.41, 5.74) is -8.08. The quantitative estimate of drug-likeness (QED) is 0.0847. The summed E-state index contributed by atoms with van der Waals surface area (Å²) in [5, 5.41) is 29.2. The van der Waals surface area contributed by atoms with Gasteiger partial charge in [-0.2, -0.15) is 0 Å². The Morgan fingerprint density at radius 3 is 1.92 bits per heavy atom. The van der Waals surface area contributed by atoms with Gasteiger partial charge in [0.15, 0.2) is 17.5 Å². The standard InChI is InChI=1S/C55H58N2O19/c1-29-35(72-51(68)45(73-40(63)24-25-41(64)76-57-38(61)22-23-39(57)62)43(32-16-10-7-11-17-32)56-49(66)33-18-12-8-13-19-33)27-55(69)48(74-50(67)34-20-14-9-15-21-34)46-53(6,36(60)26-37-54(46,28-70-37)75-31(3)59)47(65)44(71-30(2)58)42(29)52(55,4)5/h7-21,35-37,43-46,48,60,69H,22-28H2,1-6H3,(H,56,66)/t35-,36-,37+,43+,44+,45+,46-,48-,53+,54-,55+/m0/s1. The lowest BCUT2D eigenvalue weighted by atomic mass is 9.44. The SMILES string of the molecule is CC(=O)O[C@H]1C(=O)[C@@]2(C)[C@H]([C@H](OC(=O)c3ccccc3)[C@]3(O)C[C@H](OC(=O)[C@H](OC(=O)CCC(=O)ON4C(=O)CCC4=O)[C@H](NC(=O)c4ccccc4)c4ccccc4)C(C)=C1C3(C)C)[C@]1(OC(C)=O)CO[C@@H]1C[C@@H]2O. The Kier molecular flexibility index (Phi) is 15.2. The zero-order valence-electron chi connectivity index (χ0n) is 42.5. The number of aliphatic hydroxyl groups is 2. The fourth-order valence-corrected chi connectivity index (χ4v) is 11.5. The van der Waals surface area contributed by atoms with Crippen molar-refractivity contribution in [2.45, 2.75) is 134 Å². The van der Waals surface area contributed by atoms with Crippen LogP contribution >= 0.6 is 0 Å². The Hall–Kier alpha value is -7.62. The molecular formula is C55H58N2O19. The Morgan fingerprint density at radius 1 is 0.776 bits per heavy atom. The molecule has 8 rings (SSSR count). The van der Waals surface area contributed by atoms with E-state index >= 15 is 9.59 Å². The summed E-state index contributed by atoms with van der Waals surface area (Å²) in [7, 11) is 0. The van der Waals surface area contributed by atoms with Gasteiger partial charge in [-0.1, -0.05) is 80.6 Å². The first-order chi connectivity index (χ1) is 35.9. The predicted molar refractivity (Wildman–Crippen MR) is 258 cm³/mol. The van der Waals surface area contributed by atoms with Gasteiger partial charge in [0, 0.05) is 50.5 Å². The minimum atomic E-state index is -2.54. The van der Waals surface area contributed by atoms with Crippen molar-refractivity contribution in [3.63, 3.8) is 0 Å². The molecule has 21 nitrogen and oxygen atoms in total. The number of hydrogen-bond donors (Lipinski definition) is 3. The molecule has 4 fully saturated rings. The molecule has 2 saturated heterocycles. The number of aliphatic hydroxyl groups excluding tert-OH is 1. The van der Waals surface area contributed by atoms with E-state index < -0.39 is 149 Å². The number of esters is 5.